The first kappa shape index (κ1) is 14.5. The molecule has 112 valence electrons. The van der Waals surface area contributed by atoms with Crippen molar-refractivity contribution >= 4 is 10.9 Å². The molecule has 0 radical (unpaired) electrons. The summed E-state index contributed by atoms with van der Waals surface area (Å²) in [5.41, 5.74) is 8.43. The zero-order valence-electron chi connectivity index (χ0n) is 12.9. The highest BCUT2D eigenvalue weighted by Gasteiger charge is 2.40. The minimum absolute atomic E-state index is 0.118. The summed E-state index contributed by atoms with van der Waals surface area (Å²) in [6.07, 6.45) is 6.33. The van der Waals surface area contributed by atoms with Crippen molar-refractivity contribution in [3.05, 3.63) is 42.1 Å². The Bertz CT molecular complexity index is 617. The van der Waals surface area contributed by atoms with Gasteiger partial charge in [0.05, 0.1) is 17.2 Å². The molecule has 1 aromatic carbocycles. The lowest BCUT2D eigenvalue weighted by atomic mass is 9.74. The Kier molecular flexibility index (Phi) is 3.96. The van der Waals surface area contributed by atoms with Gasteiger partial charge in [-0.2, -0.15) is 0 Å². The van der Waals surface area contributed by atoms with Gasteiger partial charge in [-0.1, -0.05) is 25.1 Å². The van der Waals surface area contributed by atoms with Crippen molar-refractivity contribution in [3.8, 4) is 0 Å². The molecule has 1 aliphatic carbocycles. The summed E-state index contributed by atoms with van der Waals surface area (Å²) in [6, 6.07) is 10.2. The van der Waals surface area contributed by atoms with Crippen LogP contribution in [0.15, 0.2) is 36.5 Å². The number of pyridine rings is 1. The van der Waals surface area contributed by atoms with Crippen LogP contribution in [0, 0.1) is 5.92 Å². The van der Waals surface area contributed by atoms with Crippen LogP contribution in [0.1, 0.15) is 44.2 Å². The second-order valence-electron chi connectivity index (χ2n) is 6.39. The van der Waals surface area contributed by atoms with E-state index in [4.69, 9.17) is 10.5 Å². The van der Waals surface area contributed by atoms with E-state index in [-0.39, 0.29) is 11.6 Å². The van der Waals surface area contributed by atoms with Crippen molar-refractivity contribution in [3.63, 3.8) is 0 Å². The van der Waals surface area contributed by atoms with Crippen molar-refractivity contribution in [1.82, 2.24) is 4.98 Å². The zero-order chi connectivity index (χ0) is 14.9. The molecule has 3 rings (SSSR count). The summed E-state index contributed by atoms with van der Waals surface area (Å²) >= 11 is 0. The third-order valence-corrected chi connectivity index (χ3v) is 5.06. The van der Waals surface area contributed by atoms with E-state index in [9.17, 15) is 0 Å². The predicted octanol–water partition coefficient (Wildman–Crippen LogP) is 3.83. The van der Waals surface area contributed by atoms with Gasteiger partial charge in [0.1, 0.15) is 0 Å². The number of aromatic nitrogens is 1. The Morgan fingerprint density at radius 3 is 2.71 bits per heavy atom. The molecule has 0 spiro atoms. The van der Waals surface area contributed by atoms with E-state index in [0.717, 1.165) is 35.2 Å². The van der Waals surface area contributed by atoms with E-state index < -0.39 is 0 Å². The Morgan fingerprint density at radius 2 is 2.00 bits per heavy atom. The lowest BCUT2D eigenvalue weighted by Gasteiger charge is -2.42. The molecule has 0 bridgehead atoms. The second kappa shape index (κ2) is 5.74. The summed E-state index contributed by atoms with van der Waals surface area (Å²) in [6.45, 7) is 2.31. The third-order valence-electron chi connectivity index (χ3n) is 5.06. The largest absolute Gasteiger partial charge is 0.376 e. The maximum Gasteiger partial charge on any atom is 0.0871 e. The molecule has 1 unspecified atom stereocenters. The quantitative estimate of drug-likeness (QED) is 0.931. The molecule has 0 saturated heterocycles. The van der Waals surface area contributed by atoms with Gasteiger partial charge in [0, 0.05) is 18.7 Å². The van der Waals surface area contributed by atoms with E-state index in [2.05, 4.69) is 24.0 Å². The Morgan fingerprint density at radius 1 is 1.29 bits per heavy atom. The number of nitrogens with two attached hydrogens (primary N) is 1. The van der Waals surface area contributed by atoms with Gasteiger partial charge in [-0.3, -0.25) is 4.98 Å². The van der Waals surface area contributed by atoms with E-state index in [1.165, 1.54) is 12.8 Å². The van der Waals surface area contributed by atoms with Crippen LogP contribution in [0.2, 0.25) is 0 Å². The number of hydrogen-bond acceptors (Lipinski definition) is 3. The number of fused-ring (bicyclic) bond motifs is 1. The maximum atomic E-state index is 6.59. The fraction of sp³-hybridized carbons (Fsp3) is 0.500. The molecule has 3 nitrogen and oxygen atoms in total. The monoisotopic (exact) mass is 284 g/mol. The molecule has 2 aromatic rings. The number of para-hydroxylation sites is 1. The van der Waals surface area contributed by atoms with Gasteiger partial charge in [0.25, 0.3) is 0 Å². The average Bonchev–Trinajstić information content (AvgIpc) is 2.55. The van der Waals surface area contributed by atoms with Crippen LogP contribution in [-0.2, 0) is 4.74 Å². The highest BCUT2D eigenvalue weighted by molar-refractivity contribution is 5.78. The Balaban J connectivity index is 1.92. The van der Waals surface area contributed by atoms with Crippen molar-refractivity contribution in [2.45, 2.75) is 44.2 Å². The topological polar surface area (TPSA) is 48.1 Å². The minimum atomic E-state index is -0.239. The summed E-state index contributed by atoms with van der Waals surface area (Å²) in [4.78, 5) is 4.54. The molecule has 1 atom stereocenters. The number of ether oxygens (including phenoxy) is 1. The molecule has 0 aliphatic heterocycles. The van der Waals surface area contributed by atoms with Crippen molar-refractivity contribution in [2.75, 3.05) is 7.11 Å². The van der Waals surface area contributed by atoms with E-state index in [1.807, 2.05) is 24.4 Å². The van der Waals surface area contributed by atoms with Gasteiger partial charge >= 0.3 is 0 Å². The van der Waals surface area contributed by atoms with Crippen LogP contribution in [0.4, 0.5) is 0 Å². The molecule has 1 saturated carbocycles. The van der Waals surface area contributed by atoms with Gasteiger partial charge in [-0.25, -0.2) is 0 Å². The molecule has 1 aromatic heterocycles. The lowest BCUT2D eigenvalue weighted by molar-refractivity contribution is -0.0672. The van der Waals surface area contributed by atoms with Crippen molar-refractivity contribution in [1.29, 1.82) is 0 Å². The molecule has 21 heavy (non-hydrogen) atoms. The highest BCUT2D eigenvalue weighted by Crippen LogP contribution is 2.41. The number of hydrogen-bond donors (Lipinski definition) is 1. The molecular weight excluding hydrogens is 260 g/mol. The molecule has 1 fully saturated rings. The third kappa shape index (κ3) is 2.68. The minimum Gasteiger partial charge on any atom is -0.376 e. The van der Waals surface area contributed by atoms with E-state index in [1.54, 1.807) is 7.11 Å². The van der Waals surface area contributed by atoms with Crippen LogP contribution < -0.4 is 5.73 Å². The van der Waals surface area contributed by atoms with Gasteiger partial charge in [-0.05, 0) is 49.3 Å². The fourth-order valence-corrected chi connectivity index (χ4v) is 3.45. The van der Waals surface area contributed by atoms with E-state index >= 15 is 0 Å². The normalized spacial score (nSPS) is 27.7. The smallest absolute Gasteiger partial charge is 0.0871 e. The lowest BCUT2D eigenvalue weighted by Crippen LogP contribution is -2.45. The highest BCUT2D eigenvalue weighted by atomic mass is 16.5. The first-order valence-corrected chi connectivity index (χ1v) is 7.80. The van der Waals surface area contributed by atoms with Crippen LogP contribution in [0.5, 0.6) is 0 Å². The standard InChI is InChI=1S/C18H24N2O/c1-13-7-9-18(21-2,10-8-13)17(19)15-11-14-5-3-4-6-16(14)20-12-15/h3-6,11-13,17H,7-10,19H2,1-2H3. The molecular formula is C18H24N2O. The molecule has 1 aliphatic rings. The first-order chi connectivity index (χ1) is 10.1. The SMILES string of the molecule is COC1(C(N)c2cnc3ccccc3c2)CCC(C)CC1. The molecule has 3 heteroatoms. The van der Waals surface area contributed by atoms with Gasteiger partial charge in [0.15, 0.2) is 0 Å². The fourth-order valence-electron chi connectivity index (χ4n) is 3.45. The zero-order valence-corrected chi connectivity index (χ0v) is 12.9. The van der Waals surface area contributed by atoms with Crippen LogP contribution in [0.3, 0.4) is 0 Å². The van der Waals surface area contributed by atoms with E-state index in [0.29, 0.717) is 0 Å². The predicted molar refractivity (Wildman–Crippen MR) is 86.0 cm³/mol. The Labute approximate surface area is 126 Å². The molecule has 0 amide bonds. The van der Waals surface area contributed by atoms with Gasteiger partial charge in [-0.15, -0.1) is 0 Å². The van der Waals surface area contributed by atoms with Gasteiger partial charge in [0.2, 0.25) is 0 Å². The van der Waals surface area contributed by atoms with Crippen LogP contribution in [0.25, 0.3) is 10.9 Å². The van der Waals surface area contributed by atoms with Crippen molar-refractivity contribution < 1.29 is 4.74 Å². The average molecular weight is 284 g/mol. The number of benzene rings is 1. The summed E-state index contributed by atoms with van der Waals surface area (Å²) in [7, 11) is 1.80. The summed E-state index contributed by atoms with van der Waals surface area (Å²) in [5.74, 6) is 0.773. The summed E-state index contributed by atoms with van der Waals surface area (Å²) in [5, 5.41) is 1.14. The first-order valence-electron chi connectivity index (χ1n) is 7.80. The van der Waals surface area contributed by atoms with Crippen LogP contribution >= 0.6 is 0 Å². The number of methoxy groups -OCH3 is 1. The van der Waals surface area contributed by atoms with Crippen LogP contribution in [-0.4, -0.2) is 17.7 Å². The maximum absolute atomic E-state index is 6.59. The number of nitrogens with zero attached hydrogens (tertiary/aromatic N) is 1. The van der Waals surface area contributed by atoms with Crippen molar-refractivity contribution in [2.24, 2.45) is 11.7 Å². The second-order valence-corrected chi connectivity index (χ2v) is 6.39. The Hall–Kier alpha value is -1.45. The molecule has 2 N–H and O–H groups in total. The molecule has 1 heterocycles. The van der Waals surface area contributed by atoms with Gasteiger partial charge < -0.3 is 10.5 Å². The summed E-state index contributed by atoms with van der Waals surface area (Å²) < 4.78 is 5.90. The number of rotatable bonds is 3.